The molecule has 4 heteroatoms. The number of amides is 1. The van der Waals surface area contributed by atoms with Crippen LogP contribution in [0.15, 0.2) is 0 Å². The number of likely N-dealkylation sites (tertiary alicyclic amines) is 1. The first-order valence-corrected chi connectivity index (χ1v) is 6.81. The summed E-state index contributed by atoms with van der Waals surface area (Å²) in [7, 11) is 1.73. The minimum atomic E-state index is 0.260. The lowest BCUT2D eigenvalue weighted by molar-refractivity contribution is -0.130. The van der Waals surface area contributed by atoms with Gasteiger partial charge in [0.15, 0.2) is 0 Å². The molecule has 1 amide bonds. The number of carbonyl (C=O) groups excluding carboxylic acids is 1. The summed E-state index contributed by atoms with van der Waals surface area (Å²) in [5.41, 5.74) is 0. The Morgan fingerprint density at radius 3 is 3.00 bits per heavy atom. The van der Waals surface area contributed by atoms with E-state index < -0.39 is 0 Å². The zero-order chi connectivity index (χ0) is 12.1. The normalized spacial score (nSPS) is 29.6. The molecular formula is C13H24N2O2. The first-order chi connectivity index (χ1) is 8.29. The number of hydrogen-bond donors (Lipinski definition) is 1. The van der Waals surface area contributed by atoms with E-state index >= 15 is 0 Å². The smallest absolute Gasteiger partial charge is 0.222 e. The second-order valence-electron chi connectivity index (χ2n) is 5.24. The summed E-state index contributed by atoms with van der Waals surface area (Å²) >= 11 is 0. The number of methoxy groups -OCH3 is 1. The third kappa shape index (κ3) is 3.68. The third-order valence-corrected chi connectivity index (χ3v) is 4.00. The Balaban J connectivity index is 1.66. The van der Waals surface area contributed by atoms with Gasteiger partial charge in [0, 0.05) is 26.6 Å². The van der Waals surface area contributed by atoms with Crippen molar-refractivity contribution in [2.45, 2.75) is 38.2 Å². The van der Waals surface area contributed by atoms with Gasteiger partial charge in [-0.05, 0) is 44.7 Å². The van der Waals surface area contributed by atoms with E-state index in [0.717, 1.165) is 39.0 Å². The highest BCUT2D eigenvalue weighted by molar-refractivity contribution is 5.76. The molecule has 2 fully saturated rings. The number of ether oxygens (including phenoxy) is 1. The van der Waals surface area contributed by atoms with Crippen molar-refractivity contribution in [2.24, 2.45) is 5.92 Å². The van der Waals surface area contributed by atoms with E-state index in [9.17, 15) is 4.79 Å². The monoisotopic (exact) mass is 240 g/mol. The molecule has 0 aromatic heterocycles. The van der Waals surface area contributed by atoms with Crippen LogP contribution in [0.3, 0.4) is 0 Å². The van der Waals surface area contributed by atoms with Gasteiger partial charge in [-0.3, -0.25) is 4.79 Å². The Labute approximate surface area is 104 Å². The van der Waals surface area contributed by atoms with Gasteiger partial charge < -0.3 is 15.0 Å². The van der Waals surface area contributed by atoms with Crippen molar-refractivity contribution in [2.75, 3.05) is 33.3 Å². The van der Waals surface area contributed by atoms with Crippen LogP contribution in [-0.4, -0.2) is 50.2 Å². The van der Waals surface area contributed by atoms with Crippen LogP contribution in [-0.2, 0) is 9.53 Å². The molecule has 0 spiro atoms. The van der Waals surface area contributed by atoms with E-state index in [1.165, 1.54) is 12.8 Å². The average molecular weight is 240 g/mol. The van der Waals surface area contributed by atoms with Crippen molar-refractivity contribution in [3.05, 3.63) is 0 Å². The lowest BCUT2D eigenvalue weighted by atomic mass is 9.94. The van der Waals surface area contributed by atoms with E-state index in [0.29, 0.717) is 18.2 Å². The first-order valence-electron chi connectivity index (χ1n) is 6.81. The summed E-state index contributed by atoms with van der Waals surface area (Å²) in [6, 6.07) is 0. The number of rotatable bonds is 4. The summed E-state index contributed by atoms with van der Waals surface area (Å²) in [6.07, 6.45) is 5.54. The summed E-state index contributed by atoms with van der Waals surface area (Å²) < 4.78 is 5.28. The molecule has 2 aliphatic heterocycles. The molecule has 2 atom stereocenters. The van der Waals surface area contributed by atoms with Crippen LogP contribution < -0.4 is 5.32 Å². The number of nitrogens with one attached hydrogen (secondary N) is 1. The second kappa shape index (κ2) is 6.36. The first kappa shape index (κ1) is 12.8. The summed E-state index contributed by atoms with van der Waals surface area (Å²) in [6.45, 7) is 3.90. The minimum Gasteiger partial charge on any atom is -0.380 e. The van der Waals surface area contributed by atoms with Crippen molar-refractivity contribution in [1.82, 2.24) is 10.2 Å². The molecule has 98 valence electrons. The van der Waals surface area contributed by atoms with E-state index in [1.807, 2.05) is 4.90 Å². The molecule has 0 radical (unpaired) electrons. The zero-order valence-electron chi connectivity index (χ0n) is 10.8. The van der Waals surface area contributed by atoms with Crippen molar-refractivity contribution in [3.63, 3.8) is 0 Å². The maximum Gasteiger partial charge on any atom is 0.222 e. The second-order valence-corrected chi connectivity index (χ2v) is 5.24. The van der Waals surface area contributed by atoms with Crippen molar-refractivity contribution >= 4 is 5.91 Å². The van der Waals surface area contributed by atoms with Crippen LogP contribution in [0.4, 0.5) is 0 Å². The molecule has 0 aromatic rings. The van der Waals surface area contributed by atoms with E-state index in [2.05, 4.69) is 5.32 Å². The fourth-order valence-corrected chi connectivity index (χ4v) is 2.80. The van der Waals surface area contributed by atoms with E-state index in [4.69, 9.17) is 4.74 Å². The highest BCUT2D eigenvalue weighted by Gasteiger charge is 2.26. The molecule has 2 aliphatic rings. The fourth-order valence-electron chi connectivity index (χ4n) is 2.80. The van der Waals surface area contributed by atoms with Crippen molar-refractivity contribution < 1.29 is 9.53 Å². The largest absolute Gasteiger partial charge is 0.380 e. The highest BCUT2D eigenvalue weighted by atomic mass is 16.5. The molecule has 0 aromatic carbocycles. The molecule has 0 saturated carbocycles. The van der Waals surface area contributed by atoms with Crippen LogP contribution in [0.25, 0.3) is 0 Å². The summed E-state index contributed by atoms with van der Waals surface area (Å²) in [5.74, 6) is 1.02. The van der Waals surface area contributed by atoms with Gasteiger partial charge in [-0.25, -0.2) is 0 Å². The van der Waals surface area contributed by atoms with Gasteiger partial charge in [0.25, 0.3) is 0 Å². The molecule has 0 aliphatic carbocycles. The van der Waals surface area contributed by atoms with E-state index in [-0.39, 0.29) is 6.10 Å². The maximum absolute atomic E-state index is 12.0. The predicted octanol–water partition coefficient (Wildman–Crippen LogP) is 1.01. The average Bonchev–Trinajstić information content (AvgIpc) is 2.86. The van der Waals surface area contributed by atoms with Gasteiger partial charge in [0.2, 0.25) is 5.91 Å². The van der Waals surface area contributed by atoms with Gasteiger partial charge in [-0.2, -0.15) is 0 Å². The van der Waals surface area contributed by atoms with Gasteiger partial charge in [0.05, 0.1) is 6.10 Å². The van der Waals surface area contributed by atoms with Crippen molar-refractivity contribution in [1.29, 1.82) is 0 Å². The van der Waals surface area contributed by atoms with Crippen LogP contribution in [0.1, 0.15) is 32.1 Å². The van der Waals surface area contributed by atoms with Crippen LogP contribution in [0, 0.1) is 5.92 Å². The van der Waals surface area contributed by atoms with Crippen LogP contribution in [0.5, 0.6) is 0 Å². The summed E-state index contributed by atoms with van der Waals surface area (Å²) in [4.78, 5) is 14.0. The third-order valence-electron chi connectivity index (χ3n) is 4.00. The highest BCUT2D eigenvalue weighted by Crippen LogP contribution is 2.18. The fraction of sp³-hybridized carbons (Fsp3) is 0.923. The van der Waals surface area contributed by atoms with Gasteiger partial charge in [-0.15, -0.1) is 0 Å². The number of carbonyl (C=O) groups is 1. The molecule has 2 rings (SSSR count). The predicted molar refractivity (Wildman–Crippen MR) is 66.8 cm³/mol. The molecular weight excluding hydrogens is 216 g/mol. The Bertz CT molecular complexity index is 252. The molecule has 2 saturated heterocycles. The number of nitrogens with zero attached hydrogens (tertiary/aromatic N) is 1. The number of piperidine rings is 1. The van der Waals surface area contributed by atoms with Gasteiger partial charge in [-0.1, -0.05) is 0 Å². The number of hydrogen-bond acceptors (Lipinski definition) is 3. The van der Waals surface area contributed by atoms with Gasteiger partial charge >= 0.3 is 0 Å². The minimum absolute atomic E-state index is 0.260. The zero-order valence-corrected chi connectivity index (χ0v) is 10.8. The molecule has 17 heavy (non-hydrogen) atoms. The Morgan fingerprint density at radius 2 is 2.35 bits per heavy atom. The van der Waals surface area contributed by atoms with E-state index in [1.54, 1.807) is 7.11 Å². The summed E-state index contributed by atoms with van der Waals surface area (Å²) in [5, 5.41) is 3.40. The Morgan fingerprint density at radius 1 is 1.47 bits per heavy atom. The molecule has 0 bridgehead atoms. The lowest BCUT2D eigenvalue weighted by Gasteiger charge is -2.23. The van der Waals surface area contributed by atoms with Crippen LogP contribution in [0.2, 0.25) is 0 Å². The Hall–Kier alpha value is -0.610. The molecule has 2 heterocycles. The topological polar surface area (TPSA) is 41.6 Å². The molecule has 1 N–H and O–H groups in total. The molecule has 2 unspecified atom stereocenters. The quantitative estimate of drug-likeness (QED) is 0.797. The van der Waals surface area contributed by atoms with Gasteiger partial charge in [0.1, 0.15) is 0 Å². The molecule has 4 nitrogen and oxygen atoms in total. The lowest BCUT2D eigenvalue weighted by Crippen LogP contribution is -2.33. The standard InChI is InChI=1S/C13H24N2O2/c1-17-12-6-8-15(10-12)13(16)5-4-11-3-2-7-14-9-11/h11-12,14H,2-10H2,1H3. The van der Waals surface area contributed by atoms with Crippen LogP contribution >= 0.6 is 0 Å². The SMILES string of the molecule is COC1CCN(C(=O)CCC2CCCNC2)C1. The Kier molecular flexibility index (Phi) is 4.80. The maximum atomic E-state index is 12.0. The van der Waals surface area contributed by atoms with Crippen molar-refractivity contribution in [3.8, 4) is 0 Å².